The van der Waals surface area contributed by atoms with Crippen molar-refractivity contribution in [2.24, 2.45) is 0 Å². The normalized spacial score (nSPS) is 10.4. The third kappa shape index (κ3) is 6.97. The molecule has 0 bridgehead atoms. The number of benzene rings is 1. The van der Waals surface area contributed by atoms with Crippen LogP contribution in [-0.4, -0.2) is 39.6 Å². The Hall–Kier alpha value is -1.06. The topological polar surface area (TPSA) is 101 Å². The van der Waals surface area contributed by atoms with Crippen LogP contribution in [0.1, 0.15) is 5.56 Å². The van der Waals surface area contributed by atoms with Gasteiger partial charge in [-0.15, -0.1) is 0 Å². The monoisotopic (exact) mass is 252 g/mol. The van der Waals surface area contributed by atoms with E-state index in [0.29, 0.717) is 0 Å². The Morgan fingerprint density at radius 1 is 0.824 bits per heavy atom. The highest BCUT2D eigenvalue weighted by molar-refractivity contribution is 6.58. The van der Waals surface area contributed by atoms with Crippen molar-refractivity contribution in [3.05, 3.63) is 29.8 Å². The minimum atomic E-state index is -4.39. The number of hydrogen-bond donors (Lipinski definition) is 5. The summed E-state index contributed by atoms with van der Waals surface area (Å²) in [4.78, 5) is 0. The number of halogens is 3. The zero-order valence-electron chi connectivity index (χ0n) is 8.33. The first-order valence-electron chi connectivity index (χ1n) is 4.22. The van der Waals surface area contributed by atoms with Gasteiger partial charge in [0.05, 0.1) is 5.56 Å². The Bertz CT molecular complexity index is 325. The summed E-state index contributed by atoms with van der Waals surface area (Å²) in [5.41, 5.74) is -0.773. The molecule has 5 nitrogen and oxygen atoms in total. The van der Waals surface area contributed by atoms with E-state index in [2.05, 4.69) is 0 Å². The molecule has 0 saturated carbocycles. The molecule has 0 unspecified atom stereocenters. The molecule has 0 aliphatic rings. The third-order valence-corrected chi connectivity index (χ3v) is 1.54. The summed E-state index contributed by atoms with van der Waals surface area (Å²) in [6, 6.07) is 3.64. The van der Waals surface area contributed by atoms with Gasteiger partial charge < -0.3 is 25.1 Å². The largest absolute Gasteiger partial charge is 0.631 e. The smallest absolute Gasteiger partial charge is 0.423 e. The summed E-state index contributed by atoms with van der Waals surface area (Å²) in [5, 5.41) is 38.7. The van der Waals surface area contributed by atoms with Gasteiger partial charge in [-0.25, -0.2) is 0 Å². The van der Waals surface area contributed by atoms with E-state index in [0.717, 1.165) is 24.3 Å². The Morgan fingerprint density at radius 2 is 1.18 bits per heavy atom. The van der Waals surface area contributed by atoms with E-state index in [9.17, 15) is 13.2 Å². The molecule has 0 spiro atoms. The molecule has 1 rings (SSSR count). The molecule has 0 atom stereocenters. The van der Waals surface area contributed by atoms with Gasteiger partial charge in [-0.05, 0) is 5.46 Å². The molecule has 0 aliphatic carbocycles. The van der Waals surface area contributed by atoms with Crippen LogP contribution in [0.3, 0.4) is 0 Å². The van der Waals surface area contributed by atoms with Gasteiger partial charge in [0.1, 0.15) is 0 Å². The first-order chi connectivity index (χ1) is 7.64. The van der Waals surface area contributed by atoms with Crippen LogP contribution in [0.2, 0.25) is 0 Å². The van der Waals surface area contributed by atoms with Crippen molar-refractivity contribution >= 4 is 19.9 Å². The molecule has 0 radical (unpaired) electrons. The maximum atomic E-state index is 12.0. The first kappa shape index (κ1) is 15.9. The standard InChI is InChI=1S/C7H6BF3O2.BH3O3/c9-7(10,11)5-1-3-6(4-2-5)8(12)13;2-1(3)4/h1-4,12-13H;2-4H. The molecule has 94 valence electrons. The van der Waals surface area contributed by atoms with Crippen molar-refractivity contribution in [3.63, 3.8) is 0 Å². The highest BCUT2D eigenvalue weighted by Crippen LogP contribution is 2.28. The quantitative estimate of drug-likeness (QED) is 0.385. The van der Waals surface area contributed by atoms with E-state index in [4.69, 9.17) is 25.1 Å². The van der Waals surface area contributed by atoms with Crippen LogP contribution in [0.15, 0.2) is 24.3 Å². The predicted molar refractivity (Wildman–Crippen MR) is 53.7 cm³/mol. The zero-order chi connectivity index (χ0) is 13.6. The Labute approximate surface area is 95.1 Å². The van der Waals surface area contributed by atoms with E-state index in [-0.39, 0.29) is 5.46 Å². The van der Waals surface area contributed by atoms with E-state index in [1.54, 1.807) is 0 Å². The van der Waals surface area contributed by atoms with Crippen LogP contribution >= 0.6 is 0 Å². The van der Waals surface area contributed by atoms with E-state index >= 15 is 0 Å². The SMILES string of the molecule is OB(O)O.OB(O)c1ccc(C(F)(F)F)cc1. The number of hydrogen-bond acceptors (Lipinski definition) is 5. The summed E-state index contributed by atoms with van der Waals surface area (Å²) in [6.07, 6.45) is -4.39. The molecule has 1 aromatic carbocycles. The molecule has 17 heavy (non-hydrogen) atoms. The van der Waals surface area contributed by atoms with Crippen molar-refractivity contribution < 1.29 is 38.3 Å². The molecule has 10 heteroatoms. The molecule has 1 aromatic rings. The van der Waals surface area contributed by atoms with Gasteiger partial charge in [0.15, 0.2) is 0 Å². The van der Waals surface area contributed by atoms with Crippen LogP contribution in [0.5, 0.6) is 0 Å². The van der Waals surface area contributed by atoms with Gasteiger partial charge in [-0.2, -0.15) is 13.2 Å². The Morgan fingerprint density at radius 3 is 1.41 bits per heavy atom. The molecule has 0 fully saturated rings. The van der Waals surface area contributed by atoms with Crippen molar-refractivity contribution in [1.29, 1.82) is 0 Å². The molecular formula is C7H9B2F3O5. The van der Waals surface area contributed by atoms with Crippen molar-refractivity contribution in [2.75, 3.05) is 0 Å². The molecule has 0 amide bonds. The Balaban J connectivity index is 0.000000557. The predicted octanol–water partition coefficient (Wildman–Crippen LogP) is -1.67. The van der Waals surface area contributed by atoms with E-state index < -0.39 is 26.2 Å². The van der Waals surface area contributed by atoms with Crippen molar-refractivity contribution in [3.8, 4) is 0 Å². The fourth-order valence-electron chi connectivity index (χ4n) is 0.844. The fraction of sp³-hybridized carbons (Fsp3) is 0.143. The van der Waals surface area contributed by atoms with E-state index in [1.807, 2.05) is 0 Å². The van der Waals surface area contributed by atoms with Gasteiger partial charge in [0.2, 0.25) is 0 Å². The van der Waals surface area contributed by atoms with Crippen LogP contribution in [-0.2, 0) is 6.18 Å². The van der Waals surface area contributed by atoms with Gasteiger partial charge in [-0.3, -0.25) is 0 Å². The molecule has 5 N–H and O–H groups in total. The molecule has 0 heterocycles. The van der Waals surface area contributed by atoms with Gasteiger partial charge in [0.25, 0.3) is 0 Å². The van der Waals surface area contributed by atoms with Crippen LogP contribution < -0.4 is 5.46 Å². The van der Waals surface area contributed by atoms with Crippen LogP contribution in [0.25, 0.3) is 0 Å². The minimum absolute atomic E-state index is 0.0352. The fourth-order valence-corrected chi connectivity index (χ4v) is 0.844. The van der Waals surface area contributed by atoms with Gasteiger partial charge in [0, 0.05) is 0 Å². The lowest BCUT2D eigenvalue weighted by atomic mass is 9.80. The lowest BCUT2D eigenvalue weighted by Gasteiger charge is -2.06. The first-order valence-corrected chi connectivity index (χ1v) is 4.22. The van der Waals surface area contributed by atoms with Crippen LogP contribution in [0, 0.1) is 0 Å². The molecular weight excluding hydrogens is 243 g/mol. The maximum absolute atomic E-state index is 12.0. The van der Waals surface area contributed by atoms with Gasteiger partial charge in [-0.1, -0.05) is 24.3 Å². The number of alkyl halides is 3. The van der Waals surface area contributed by atoms with Crippen molar-refractivity contribution in [1.82, 2.24) is 0 Å². The average Bonchev–Trinajstić information content (AvgIpc) is 2.15. The minimum Gasteiger partial charge on any atom is -0.423 e. The van der Waals surface area contributed by atoms with Gasteiger partial charge >= 0.3 is 20.6 Å². The summed E-state index contributed by atoms with van der Waals surface area (Å²) in [5.74, 6) is 0. The summed E-state index contributed by atoms with van der Waals surface area (Å²) in [6.45, 7) is 0. The molecule has 0 aromatic heterocycles. The molecule has 0 aliphatic heterocycles. The summed E-state index contributed by atoms with van der Waals surface area (Å²) < 4.78 is 36.0. The second-order valence-electron chi connectivity index (χ2n) is 2.84. The second kappa shape index (κ2) is 6.62. The second-order valence-corrected chi connectivity index (χ2v) is 2.84. The average molecular weight is 252 g/mol. The van der Waals surface area contributed by atoms with Crippen LogP contribution in [0.4, 0.5) is 13.2 Å². The Kier molecular flexibility index (Phi) is 6.21. The lowest BCUT2D eigenvalue weighted by molar-refractivity contribution is -0.137. The maximum Gasteiger partial charge on any atom is 0.631 e. The highest BCUT2D eigenvalue weighted by Gasteiger charge is 2.30. The zero-order valence-corrected chi connectivity index (χ0v) is 8.33. The van der Waals surface area contributed by atoms with E-state index in [1.165, 1.54) is 0 Å². The summed E-state index contributed by atoms with van der Waals surface area (Å²) >= 11 is 0. The number of rotatable bonds is 1. The lowest BCUT2D eigenvalue weighted by Crippen LogP contribution is -2.29. The molecule has 0 saturated heterocycles. The summed E-state index contributed by atoms with van der Waals surface area (Å²) in [7, 11) is -3.90. The third-order valence-electron chi connectivity index (χ3n) is 1.54. The highest BCUT2D eigenvalue weighted by atomic mass is 19.4. The van der Waals surface area contributed by atoms with Crippen molar-refractivity contribution in [2.45, 2.75) is 6.18 Å².